The number of nitrogens with one attached hydrogen (secondary N) is 2. The van der Waals surface area contributed by atoms with E-state index in [0.717, 1.165) is 11.4 Å². The van der Waals surface area contributed by atoms with Crippen molar-refractivity contribution in [3.05, 3.63) is 48.0 Å². The summed E-state index contributed by atoms with van der Waals surface area (Å²) in [6.07, 6.45) is 1.49. The molecule has 1 amide bonds. The van der Waals surface area contributed by atoms with E-state index in [1.54, 1.807) is 29.9 Å². The maximum Gasteiger partial charge on any atom is 0.251 e. The predicted octanol–water partition coefficient (Wildman–Crippen LogP) is 1.87. The SMILES string of the molecule is CCn1ncnc1[C@@H](C)NC(=O)c1ccc(-c2cc(NC)nc(N)n2)cc1. The van der Waals surface area contributed by atoms with Gasteiger partial charge in [0.05, 0.1) is 11.7 Å². The number of hydrogen-bond donors (Lipinski definition) is 3. The van der Waals surface area contributed by atoms with Gasteiger partial charge in [0.15, 0.2) is 0 Å². The van der Waals surface area contributed by atoms with Crippen LogP contribution < -0.4 is 16.4 Å². The first-order valence-corrected chi connectivity index (χ1v) is 8.63. The Bertz CT molecular complexity index is 935. The van der Waals surface area contributed by atoms with Crippen molar-refractivity contribution in [1.82, 2.24) is 30.0 Å². The van der Waals surface area contributed by atoms with Crippen LogP contribution in [0.15, 0.2) is 36.7 Å². The molecule has 0 bridgehead atoms. The lowest BCUT2D eigenvalue weighted by Crippen LogP contribution is -2.28. The highest BCUT2D eigenvalue weighted by Crippen LogP contribution is 2.21. The molecule has 3 rings (SSSR count). The Morgan fingerprint density at radius 2 is 2.00 bits per heavy atom. The van der Waals surface area contributed by atoms with Crippen LogP contribution in [0.2, 0.25) is 0 Å². The lowest BCUT2D eigenvalue weighted by Gasteiger charge is -2.14. The van der Waals surface area contributed by atoms with Gasteiger partial charge in [-0.1, -0.05) is 12.1 Å². The number of carbonyl (C=O) groups excluding carboxylic acids is 1. The van der Waals surface area contributed by atoms with E-state index in [-0.39, 0.29) is 17.9 Å². The predicted molar refractivity (Wildman–Crippen MR) is 103 cm³/mol. The molecule has 1 atom stereocenters. The Labute approximate surface area is 157 Å². The normalized spacial score (nSPS) is 11.8. The Morgan fingerprint density at radius 1 is 1.26 bits per heavy atom. The molecule has 0 spiro atoms. The van der Waals surface area contributed by atoms with Crippen molar-refractivity contribution in [3.8, 4) is 11.3 Å². The van der Waals surface area contributed by atoms with Crippen LogP contribution in [0.5, 0.6) is 0 Å². The second-order valence-electron chi connectivity index (χ2n) is 5.95. The molecule has 0 aliphatic carbocycles. The number of rotatable bonds is 6. The van der Waals surface area contributed by atoms with E-state index in [1.165, 1.54) is 6.33 Å². The zero-order chi connectivity index (χ0) is 19.4. The lowest BCUT2D eigenvalue weighted by atomic mass is 10.1. The second-order valence-corrected chi connectivity index (χ2v) is 5.95. The summed E-state index contributed by atoms with van der Waals surface area (Å²) >= 11 is 0. The van der Waals surface area contributed by atoms with Crippen molar-refractivity contribution in [2.75, 3.05) is 18.1 Å². The molecular formula is C18H22N8O. The first kappa shape index (κ1) is 18.3. The van der Waals surface area contributed by atoms with Crippen LogP contribution >= 0.6 is 0 Å². The molecule has 0 unspecified atom stereocenters. The molecule has 4 N–H and O–H groups in total. The fraction of sp³-hybridized carbons (Fsp3) is 0.278. The standard InChI is InChI=1S/C18H22N8O/c1-4-26-16(21-10-22-26)11(2)23-17(27)13-7-5-12(6-8-13)14-9-15(20-3)25-18(19)24-14/h5-11H,4H2,1-3H3,(H,23,27)(H3,19,20,24,25)/t11-/m1/s1. The summed E-state index contributed by atoms with van der Waals surface area (Å²) in [5.41, 5.74) is 7.81. The van der Waals surface area contributed by atoms with Gasteiger partial charge in [0.25, 0.3) is 5.91 Å². The molecule has 9 heteroatoms. The van der Waals surface area contributed by atoms with Crippen LogP contribution in [0.25, 0.3) is 11.3 Å². The molecule has 2 heterocycles. The van der Waals surface area contributed by atoms with Gasteiger partial charge >= 0.3 is 0 Å². The Balaban J connectivity index is 1.75. The van der Waals surface area contributed by atoms with Gasteiger partial charge in [-0.05, 0) is 26.0 Å². The van der Waals surface area contributed by atoms with E-state index < -0.39 is 0 Å². The molecule has 9 nitrogen and oxygen atoms in total. The second kappa shape index (κ2) is 7.81. The molecule has 0 aliphatic rings. The minimum atomic E-state index is -0.250. The maximum atomic E-state index is 12.5. The molecule has 0 saturated heterocycles. The van der Waals surface area contributed by atoms with E-state index in [0.29, 0.717) is 23.6 Å². The number of nitrogen functional groups attached to an aromatic ring is 1. The van der Waals surface area contributed by atoms with Crippen molar-refractivity contribution in [3.63, 3.8) is 0 Å². The fourth-order valence-corrected chi connectivity index (χ4v) is 2.73. The topological polar surface area (TPSA) is 124 Å². The lowest BCUT2D eigenvalue weighted by molar-refractivity contribution is 0.0937. The molecule has 1 aromatic carbocycles. The zero-order valence-electron chi connectivity index (χ0n) is 15.5. The van der Waals surface area contributed by atoms with Gasteiger partial charge in [0.1, 0.15) is 18.0 Å². The highest BCUT2D eigenvalue weighted by Gasteiger charge is 2.16. The largest absolute Gasteiger partial charge is 0.373 e. The number of nitrogens with zero attached hydrogens (tertiary/aromatic N) is 5. The third kappa shape index (κ3) is 4.02. The van der Waals surface area contributed by atoms with Crippen LogP contribution in [0.4, 0.5) is 11.8 Å². The Hall–Kier alpha value is -3.49. The van der Waals surface area contributed by atoms with Crippen LogP contribution in [0, 0.1) is 0 Å². The number of nitrogens with two attached hydrogens (primary N) is 1. The Kier molecular flexibility index (Phi) is 5.30. The number of benzene rings is 1. The quantitative estimate of drug-likeness (QED) is 0.608. The van der Waals surface area contributed by atoms with E-state index in [9.17, 15) is 4.79 Å². The van der Waals surface area contributed by atoms with Crippen molar-refractivity contribution in [2.24, 2.45) is 0 Å². The molecule has 140 valence electrons. The summed E-state index contributed by atoms with van der Waals surface area (Å²) in [5, 5.41) is 10.0. The molecule has 3 aromatic rings. The zero-order valence-corrected chi connectivity index (χ0v) is 15.5. The fourth-order valence-electron chi connectivity index (χ4n) is 2.73. The number of anilines is 2. The molecule has 2 aromatic heterocycles. The van der Waals surface area contributed by atoms with Crippen molar-refractivity contribution >= 4 is 17.7 Å². The monoisotopic (exact) mass is 366 g/mol. The van der Waals surface area contributed by atoms with Gasteiger partial charge in [-0.25, -0.2) is 14.6 Å². The molecule has 27 heavy (non-hydrogen) atoms. The van der Waals surface area contributed by atoms with Crippen molar-refractivity contribution in [1.29, 1.82) is 0 Å². The first-order chi connectivity index (χ1) is 13.0. The first-order valence-electron chi connectivity index (χ1n) is 8.63. The van der Waals surface area contributed by atoms with E-state index in [2.05, 4.69) is 30.7 Å². The average molecular weight is 366 g/mol. The summed E-state index contributed by atoms with van der Waals surface area (Å²) in [7, 11) is 1.76. The van der Waals surface area contributed by atoms with Crippen LogP contribution in [-0.4, -0.2) is 37.7 Å². The average Bonchev–Trinajstić information content (AvgIpc) is 3.16. The summed E-state index contributed by atoms with van der Waals surface area (Å²) in [5.74, 6) is 1.36. The summed E-state index contributed by atoms with van der Waals surface area (Å²) in [6, 6.07) is 8.70. The van der Waals surface area contributed by atoms with Gasteiger partial charge in [0.2, 0.25) is 5.95 Å². The minimum Gasteiger partial charge on any atom is -0.373 e. The van der Waals surface area contributed by atoms with Crippen molar-refractivity contribution in [2.45, 2.75) is 26.4 Å². The third-order valence-corrected chi connectivity index (χ3v) is 4.12. The molecule has 0 aliphatic heterocycles. The Morgan fingerprint density at radius 3 is 2.67 bits per heavy atom. The van der Waals surface area contributed by atoms with Gasteiger partial charge in [-0.3, -0.25) is 4.79 Å². The van der Waals surface area contributed by atoms with Crippen LogP contribution in [0.1, 0.15) is 36.1 Å². The highest BCUT2D eigenvalue weighted by molar-refractivity contribution is 5.94. The van der Waals surface area contributed by atoms with E-state index in [4.69, 9.17) is 5.73 Å². The van der Waals surface area contributed by atoms with Crippen molar-refractivity contribution < 1.29 is 4.79 Å². The smallest absolute Gasteiger partial charge is 0.251 e. The van der Waals surface area contributed by atoms with Crippen LogP contribution in [-0.2, 0) is 6.54 Å². The molecule has 0 saturated carbocycles. The number of aryl methyl sites for hydroxylation is 1. The molecule has 0 radical (unpaired) electrons. The van der Waals surface area contributed by atoms with Crippen LogP contribution in [0.3, 0.4) is 0 Å². The van der Waals surface area contributed by atoms with Gasteiger partial charge in [-0.2, -0.15) is 10.1 Å². The minimum absolute atomic E-state index is 0.183. The van der Waals surface area contributed by atoms with Gasteiger partial charge < -0.3 is 16.4 Å². The number of aromatic nitrogens is 5. The summed E-state index contributed by atoms with van der Waals surface area (Å²) < 4.78 is 1.76. The van der Waals surface area contributed by atoms with Gasteiger partial charge in [-0.15, -0.1) is 0 Å². The number of carbonyl (C=O) groups is 1. The van der Waals surface area contributed by atoms with E-state index in [1.807, 2.05) is 26.0 Å². The third-order valence-electron chi connectivity index (χ3n) is 4.12. The van der Waals surface area contributed by atoms with Gasteiger partial charge in [0, 0.05) is 30.8 Å². The molecule has 0 fully saturated rings. The number of amides is 1. The van der Waals surface area contributed by atoms with E-state index >= 15 is 0 Å². The summed E-state index contributed by atoms with van der Waals surface area (Å²) in [6.45, 7) is 4.55. The number of hydrogen-bond acceptors (Lipinski definition) is 7. The highest BCUT2D eigenvalue weighted by atomic mass is 16.1. The molecular weight excluding hydrogens is 344 g/mol. The summed E-state index contributed by atoms with van der Waals surface area (Å²) in [4.78, 5) is 25.1. The maximum absolute atomic E-state index is 12.5.